The van der Waals surface area contributed by atoms with Gasteiger partial charge in [0.2, 0.25) is 0 Å². The van der Waals surface area contributed by atoms with Crippen LogP contribution in [0.4, 0.5) is 8.78 Å². The fourth-order valence-corrected chi connectivity index (χ4v) is 2.97. The normalized spacial score (nSPS) is 12.7. The average molecular weight is 379 g/mol. The highest BCUT2D eigenvalue weighted by Gasteiger charge is 2.23. The summed E-state index contributed by atoms with van der Waals surface area (Å²) in [6.45, 7) is 1.79. The van der Waals surface area contributed by atoms with E-state index in [0.29, 0.717) is 21.6 Å². The van der Waals surface area contributed by atoms with E-state index in [-0.39, 0.29) is 5.56 Å². The van der Waals surface area contributed by atoms with Gasteiger partial charge in [0.05, 0.1) is 16.4 Å². The summed E-state index contributed by atoms with van der Waals surface area (Å²) in [5.74, 6) is -1.20. The quantitative estimate of drug-likeness (QED) is 0.874. The summed E-state index contributed by atoms with van der Waals surface area (Å²) in [5, 5.41) is 7.67. The highest BCUT2D eigenvalue weighted by Crippen LogP contribution is 2.29. The Labute approximate surface area is 135 Å². The Morgan fingerprint density at radius 1 is 1.38 bits per heavy atom. The molecule has 0 fully saturated rings. The van der Waals surface area contributed by atoms with Crippen molar-refractivity contribution in [2.45, 2.75) is 19.4 Å². The van der Waals surface area contributed by atoms with E-state index in [0.717, 1.165) is 5.69 Å². The van der Waals surface area contributed by atoms with Gasteiger partial charge in [0.1, 0.15) is 11.6 Å². The lowest BCUT2D eigenvalue weighted by Crippen LogP contribution is -2.22. The van der Waals surface area contributed by atoms with E-state index in [1.807, 2.05) is 0 Å². The second kappa shape index (κ2) is 6.42. The molecule has 0 aliphatic carbocycles. The van der Waals surface area contributed by atoms with Gasteiger partial charge >= 0.3 is 0 Å². The zero-order chi connectivity index (χ0) is 15.7. The SMILES string of the molecule is CNC(Cc1c(Cl)c(C)nn1C)c1c(F)cc(Br)cc1F. The minimum absolute atomic E-state index is 0.00406. The predicted molar refractivity (Wildman–Crippen MR) is 82.5 cm³/mol. The Hall–Kier alpha value is -0.980. The number of aryl methyl sites for hydroxylation is 2. The molecule has 114 valence electrons. The summed E-state index contributed by atoms with van der Waals surface area (Å²) in [7, 11) is 3.41. The largest absolute Gasteiger partial charge is 0.312 e. The number of aromatic nitrogens is 2. The fourth-order valence-electron chi connectivity index (χ4n) is 2.33. The molecule has 0 bridgehead atoms. The standard InChI is InChI=1S/C14H15BrClF2N3/c1-7-14(16)12(21(3)20-7)6-11(19-2)13-9(17)4-8(15)5-10(13)18/h4-5,11,19H,6H2,1-3H3. The molecular weight excluding hydrogens is 364 g/mol. The van der Waals surface area contributed by atoms with E-state index in [4.69, 9.17) is 11.6 Å². The third kappa shape index (κ3) is 3.27. The van der Waals surface area contributed by atoms with E-state index in [9.17, 15) is 8.78 Å². The maximum absolute atomic E-state index is 14.1. The van der Waals surface area contributed by atoms with Gasteiger partial charge in [-0.15, -0.1) is 0 Å². The smallest absolute Gasteiger partial charge is 0.132 e. The van der Waals surface area contributed by atoms with Crippen LogP contribution in [0, 0.1) is 18.6 Å². The maximum atomic E-state index is 14.1. The number of likely N-dealkylation sites (N-methyl/N-ethyl adjacent to an activating group) is 1. The van der Waals surface area contributed by atoms with Crippen molar-refractivity contribution in [3.63, 3.8) is 0 Å². The number of benzene rings is 1. The van der Waals surface area contributed by atoms with Crippen molar-refractivity contribution in [1.82, 2.24) is 15.1 Å². The molecule has 1 atom stereocenters. The van der Waals surface area contributed by atoms with Crippen LogP contribution in [0.3, 0.4) is 0 Å². The highest BCUT2D eigenvalue weighted by atomic mass is 79.9. The first-order valence-electron chi connectivity index (χ1n) is 6.34. The van der Waals surface area contributed by atoms with Gasteiger partial charge in [-0.05, 0) is 26.1 Å². The summed E-state index contributed by atoms with van der Waals surface area (Å²) in [5.41, 5.74) is 1.42. The molecule has 1 aromatic heterocycles. The summed E-state index contributed by atoms with van der Waals surface area (Å²) >= 11 is 9.28. The highest BCUT2D eigenvalue weighted by molar-refractivity contribution is 9.10. The monoisotopic (exact) mass is 377 g/mol. The molecule has 0 saturated heterocycles. The zero-order valence-corrected chi connectivity index (χ0v) is 14.2. The van der Waals surface area contributed by atoms with Gasteiger partial charge in [-0.25, -0.2) is 8.78 Å². The van der Waals surface area contributed by atoms with Crippen molar-refractivity contribution in [2.75, 3.05) is 7.05 Å². The summed E-state index contributed by atoms with van der Waals surface area (Å²) in [6, 6.07) is 1.96. The average Bonchev–Trinajstić information content (AvgIpc) is 2.62. The molecule has 1 unspecified atom stereocenters. The molecule has 0 aliphatic rings. The van der Waals surface area contributed by atoms with Crippen molar-refractivity contribution in [3.05, 3.63) is 50.2 Å². The molecule has 1 N–H and O–H groups in total. The van der Waals surface area contributed by atoms with Gasteiger partial charge < -0.3 is 5.32 Å². The van der Waals surface area contributed by atoms with Crippen LogP contribution >= 0.6 is 27.5 Å². The minimum Gasteiger partial charge on any atom is -0.312 e. The number of halogens is 4. The van der Waals surface area contributed by atoms with Gasteiger partial charge in [-0.2, -0.15) is 5.10 Å². The fraction of sp³-hybridized carbons (Fsp3) is 0.357. The number of hydrogen-bond donors (Lipinski definition) is 1. The van der Waals surface area contributed by atoms with Crippen LogP contribution in [0.2, 0.25) is 5.02 Å². The lowest BCUT2D eigenvalue weighted by atomic mass is 10.0. The summed E-state index contributed by atoms with van der Waals surface area (Å²) in [6.07, 6.45) is 0.335. The number of hydrogen-bond acceptors (Lipinski definition) is 2. The van der Waals surface area contributed by atoms with Crippen molar-refractivity contribution >= 4 is 27.5 Å². The lowest BCUT2D eigenvalue weighted by molar-refractivity contribution is 0.480. The first-order valence-corrected chi connectivity index (χ1v) is 7.52. The van der Waals surface area contributed by atoms with E-state index in [1.54, 1.807) is 25.7 Å². The Morgan fingerprint density at radius 3 is 2.38 bits per heavy atom. The molecule has 7 heteroatoms. The first-order chi connectivity index (χ1) is 9.85. The summed E-state index contributed by atoms with van der Waals surface area (Å²) in [4.78, 5) is 0. The molecule has 0 amide bonds. The third-order valence-corrected chi connectivity index (χ3v) is 4.35. The molecule has 2 aromatic rings. The van der Waals surface area contributed by atoms with Crippen LogP contribution in [0.1, 0.15) is 23.0 Å². The predicted octanol–water partition coefficient (Wildman–Crippen LogP) is 3.93. The van der Waals surface area contributed by atoms with E-state index >= 15 is 0 Å². The Balaban J connectivity index is 2.41. The van der Waals surface area contributed by atoms with Crippen LogP contribution in [0.5, 0.6) is 0 Å². The lowest BCUT2D eigenvalue weighted by Gasteiger charge is -2.18. The first kappa shape index (κ1) is 16.4. The summed E-state index contributed by atoms with van der Waals surface area (Å²) < 4.78 is 30.2. The Kier molecular flexibility index (Phi) is 5.01. The van der Waals surface area contributed by atoms with E-state index in [1.165, 1.54) is 12.1 Å². The van der Waals surface area contributed by atoms with Gasteiger partial charge in [-0.3, -0.25) is 4.68 Å². The molecule has 1 heterocycles. The zero-order valence-electron chi connectivity index (χ0n) is 11.8. The van der Waals surface area contributed by atoms with Gasteiger partial charge in [-0.1, -0.05) is 27.5 Å². The van der Waals surface area contributed by atoms with Crippen LogP contribution in [-0.2, 0) is 13.5 Å². The van der Waals surface area contributed by atoms with Crippen LogP contribution < -0.4 is 5.32 Å². The van der Waals surface area contributed by atoms with Crippen LogP contribution in [-0.4, -0.2) is 16.8 Å². The minimum atomic E-state index is -0.601. The molecule has 0 radical (unpaired) electrons. The third-order valence-electron chi connectivity index (χ3n) is 3.40. The molecular formula is C14H15BrClF2N3. The van der Waals surface area contributed by atoms with Gasteiger partial charge in [0, 0.05) is 29.5 Å². The second-order valence-corrected chi connectivity index (χ2v) is 6.09. The number of nitrogens with one attached hydrogen (secondary N) is 1. The molecule has 0 aliphatic heterocycles. The van der Waals surface area contributed by atoms with E-state index < -0.39 is 17.7 Å². The number of nitrogens with zero attached hydrogens (tertiary/aromatic N) is 2. The second-order valence-electron chi connectivity index (χ2n) is 4.80. The van der Waals surface area contributed by atoms with Crippen LogP contribution in [0.15, 0.2) is 16.6 Å². The topological polar surface area (TPSA) is 29.9 Å². The van der Waals surface area contributed by atoms with Crippen LogP contribution in [0.25, 0.3) is 0 Å². The molecule has 1 aromatic carbocycles. The van der Waals surface area contributed by atoms with Gasteiger partial charge in [0.15, 0.2) is 0 Å². The Morgan fingerprint density at radius 2 is 1.95 bits per heavy atom. The van der Waals surface area contributed by atoms with Gasteiger partial charge in [0.25, 0.3) is 0 Å². The number of rotatable bonds is 4. The molecule has 2 rings (SSSR count). The molecule has 0 saturated carbocycles. The van der Waals surface area contributed by atoms with Crippen molar-refractivity contribution < 1.29 is 8.78 Å². The van der Waals surface area contributed by atoms with E-state index in [2.05, 4.69) is 26.3 Å². The molecule has 0 spiro atoms. The van der Waals surface area contributed by atoms with Crippen molar-refractivity contribution in [3.8, 4) is 0 Å². The molecule has 3 nitrogen and oxygen atoms in total. The van der Waals surface area contributed by atoms with Crippen molar-refractivity contribution in [1.29, 1.82) is 0 Å². The Bertz CT molecular complexity index is 649. The molecule has 21 heavy (non-hydrogen) atoms. The van der Waals surface area contributed by atoms with Crippen molar-refractivity contribution in [2.24, 2.45) is 7.05 Å². The maximum Gasteiger partial charge on any atom is 0.132 e.